The van der Waals surface area contributed by atoms with Gasteiger partial charge in [0.05, 0.1) is 37.1 Å². The van der Waals surface area contributed by atoms with Crippen molar-refractivity contribution < 1.29 is 33.8 Å². The number of carbonyl (C=O) groups is 4. The van der Waals surface area contributed by atoms with Crippen molar-refractivity contribution in [3.63, 3.8) is 0 Å². The van der Waals surface area contributed by atoms with E-state index in [9.17, 15) is 24.3 Å². The molecular formula is C39H49N3O7. The lowest BCUT2D eigenvalue weighted by Gasteiger charge is -2.41. The molecule has 3 heterocycles. The Hall–Kier alpha value is -4.28. The van der Waals surface area contributed by atoms with Crippen LogP contribution in [0, 0.1) is 31.6 Å². The minimum Gasteiger partial charge on any atom is -0.455 e. The van der Waals surface area contributed by atoms with Crippen molar-refractivity contribution in [2.75, 3.05) is 24.6 Å². The van der Waals surface area contributed by atoms with Crippen molar-refractivity contribution in [2.45, 2.75) is 83.3 Å². The largest absolute Gasteiger partial charge is 0.455 e. The smallest absolute Gasteiger partial charge is 0.313 e. The van der Waals surface area contributed by atoms with E-state index in [0.29, 0.717) is 24.8 Å². The Labute approximate surface area is 289 Å². The number of carbonyl (C=O) groups excluding carboxylic acids is 4. The average molecular weight is 672 g/mol. The maximum absolute atomic E-state index is 15.0. The maximum Gasteiger partial charge on any atom is 0.313 e. The molecule has 1 spiro atoms. The number of esters is 1. The van der Waals surface area contributed by atoms with Gasteiger partial charge in [0, 0.05) is 18.7 Å². The lowest BCUT2D eigenvalue weighted by atomic mass is 9.70. The number of aryl methyl sites for hydroxylation is 2. The molecule has 3 saturated heterocycles. The van der Waals surface area contributed by atoms with Crippen LogP contribution >= 0.6 is 0 Å². The standard InChI is InChI=1S/C39H49N3O7/c1-7-9-18-31(44)40-22-30(27-16-11-10-12-17-27)48-38(47)32-29-19-20-39(49-29)33(32)36(45)42(28(23-43)24(3)4)35(39)37(46)41(21-8-2)34-25(5)14-13-15-26(34)6/h7-8,10-17,24,28-30,32-33,35,43H,1-2,9,18-23H2,3-6H3,(H,40,44)/t28-,29-,30+,32+,33+,35-,39+/m0/s1. The Morgan fingerprint density at radius 3 is 2.41 bits per heavy atom. The zero-order valence-electron chi connectivity index (χ0n) is 29.0. The third-order valence-electron chi connectivity index (χ3n) is 10.3. The number of anilines is 1. The number of aliphatic hydroxyl groups excluding tert-OH is 1. The number of fused-ring (bicyclic) bond motifs is 1. The molecule has 0 unspecified atom stereocenters. The Morgan fingerprint density at radius 1 is 1.10 bits per heavy atom. The average Bonchev–Trinajstić information content (AvgIpc) is 3.73. The van der Waals surface area contributed by atoms with Crippen molar-refractivity contribution in [1.29, 1.82) is 0 Å². The molecule has 262 valence electrons. The number of ether oxygens (including phenoxy) is 2. The van der Waals surface area contributed by atoms with Crippen LogP contribution in [0.1, 0.15) is 62.3 Å². The first-order valence-corrected chi connectivity index (χ1v) is 17.2. The molecular weight excluding hydrogens is 622 g/mol. The first kappa shape index (κ1) is 36.0. The number of allylic oxidation sites excluding steroid dienone is 1. The zero-order valence-corrected chi connectivity index (χ0v) is 29.0. The molecule has 3 aliphatic heterocycles. The zero-order chi connectivity index (χ0) is 35.5. The van der Waals surface area contributed by atoms with E-state index in [0.717, 1.165) is 16.8 Å². The normalized spacial score (nSPS) is 25.1. The summed E-state index contributed by atoms with van der Waals surface area (Å²) in [6.45, 7) is 15.1. The molecule has 7 atom stereocenters. The van der Waals surface area contributed by atoms with Crippen LogP contribution in [0.5, 0.6) is 0 Å². The number of nitrogens with zero attached hydrogens (tertiary/aromatic N) is 2. The molecule has 2 aromatic carbocycles. The molecule has 10 nitrogen and oxygen atoms in total. The number of hydrogen-bond acceptors (Lipinski definition) is 7. The third kappa shape index (κ3) is 6.68. The molecule has 3 fully saturated rings. The summed E-state index contributed by atoms with van der Waals surface area (Å²) < 4.78 is 12.8. The van der Waals surface area contributed by atoms with Gasteiger partial charge in [-0.15, -0.1) is 13.2 Å². The molecule has 3 aliphatic rings. The lowest BCUT2D eigenvalue weighted by Crippen LogP contribution is -2.60. The number of aliphatic hydroxyl groups is 1. The van der Waals surface area contributed by atoms with Gasteiger partial charge < -0.3 is 29.7 Å². The fraction of sp³-hybridized carbons (Fsp3) is 0.487. The van der Waals surface area contributed by atoms with Crippen molar-refractivity contribution in [2.24, 2.45) is 17.8 Å². The van der Waals surface area contributed by atoms with Crippen LogP contribution in [0.25, 0.3) is 0 Å². The van der Waals surface area contributed by atoms with Crippen molar-refractivity contribution in [3.8, 4) is 0 Å². The number of para-hydroxylation sites is 1. The highest BCUT2D eigenvalue weighted by molar-refractivity contribution is 6.05. The first-order valence-electron chi connectivity index (χ1n) is 17.2. The predicted octanol–water partition coefficient (Wildman–Crippen LogP) is 4.58. The van der Waals surface area contributed by atoms with Gasteiger partial charge in [0.2, 0.25) is 11.8 Å². The van der Waals surface area contributed by atoms with Crippen molar-refractivity contribution >= 4 is 29.4 Å². The van der Waals surface area contributed by atoms with E-state index in [4.69, 9.17) is 9.47 Å². The van der Waals surface area contributed by atoms with Crippen LogP contribution in [-0.4, -0.2) is 77.2 Å². The highest BCUT2D eigenvalue weighted by Crippen LogP contribution is 2.59. The molecule has 5 rings (SSSR count). The number of rotatable bonds is 15. The van der Waals surface area contributed by atoms with E-state index in [-0.39, 0.29) is 43.8 Å². The molecule has 0 aromatic heterocycles. The number of amides is 3. The van der Waals surface area contributed by atoms with E-state index in [1.807, 2.05) is 76.2 Å². The van der Waals surface area contributed by atoms with Gasteiger partial charge in [0.1, 0.15) is 17.7 Å². The molecule has 49 heavy (non-hydrogen) atoms. The van der Waals surface area contributed by atoms with Crippen molar-refractivity contribution in [3.05, 3.63) is 90.5 Å². The molecule has 0 saturated carbocycles. The summed E-state index contributed by atoms with van der Waals surface area (Å²) in [7, 11) is 0. The summed E-state index contributed by atoms with van der Waals surface area (Å²) in [6.07, 6.45) is 3.52. The molecule has 3 amide bonds. The summed E-state index contributed by atoms with van der Waals surface area (Å²) in [4.78, 5) is 59.6. The summed E-state index contributed by atoms with van der Waals surface area (Å²) >= 11 is 0. The van der Waals surface area contributed by atoms with E-state index >= 15 is 0 Å². The van der Waals surface area contributed by atoms with E-state index in [1.165, 1.54) is 4.90 Å². The molecule has 2 aromatic rings. The Morgan fingerprint density at radius 2 is 1.80 bits per heavy atom. The number of nitrogens with one attached hydrogen (secondary N) is 1. The van der Waals surface area contributed by atoms with Crippen LogP contribution in [0.15, 0.2) is 73.8 Å². The number of likely N-dealkylation sites (tertiary alicyclic amines) is 1. The highest BCUT2D eigenvalue weighted by atomic mass is 16.6. The van der Waals surface area contributed by atoms with Crippen molar-refractivity contribution in [1.82, 2.24) is 10.2 Å². The van der Waals surface area contributed by atoms with Crippen LogP contribution in [-0.2, 0) is 28.7 Å². The van der Waals surface area contributed by atoms with Gasteiger partial charge >= 0.3 is 5.97 Å². The van der Waals surface area contributed by atoms with Gasteiger partial charge in [0.25, 0.3) is 5.91 Å². The molecule has 0 radical (unpaired) electrons. The maximum atomic E-state index is 15.0. The van der Waals surface area contributed by atoms with Gasteiger partial charge in [-0.1, -0.05) is 74.5 Å². The second-order valence-electron chi connectivity index (χ2n) is 13.7. The van der Waals surface area contributed by atoms with Gasteiger partial charge in [0.15, 0.2) is 0 Å². The van der Waals surface area contributed by atoms with Crippen LogP contribution in [0.2, 0.25) is 0 Å². The van der Waals surface area contributed by atoms with E-state index in [2.05, 4.69) is 18.5 Å². The van der Waals surface area contributed by atoms with Crippen LogP contribution in [0.4, 0.5) is 5.69 Å². The summed E-state index contributed by atoms with van der Waals surface area (Å²) in [5, 5.41) is 13.5. The Balaban J connectivity index is 1.52. The topological polar surface area (TPSA) is 125 Å². The lowest BCUT2D eigenvalue weighted by molar-refractivity contribution is -0.161. The Bertz CT molecular complexity index is 1560. The minimum atomic E-state index is -1.29. The SMILES string of the molecule is C=CCCC(=O)NC[C@@H](OC(=O)[C@@H]1[C@@H]2CC[C@]3(O2)[C@H](C(=O)N(CC=C)c2c(C)cccc2C)N([C@@H](CO)C(C)C)C(=O)[C@@H]13)c1ccccc1. The third-order valence-corrected chi connectivity index (χ3v) is 10.3. The van der Waals surface area contributed by atoms with Gasteiger partial charge in [-0.05, 0) is 55.7 Å². The molecule has 10 heteroatoms. The molecule has 0 aliphatic carbocycles. The monoisotopic (exact) mass is 671 g/mol. The minimum absolute atomic E-state index is 0.0488. The predicted molar refractivity (Wildman–Crippen MR) is 186 cm³/mol. The number of hydrogen-bond donors (Lipinski definition) is 2. The first-order chi connectivity index (χ1) is 23.5. The quantitative estimate of drug-likeness (QED) is 0.210. The van der Waals surface area contributed by atoms with Crippen LogP contribution < -0.4 is 10.2 Å². The summed E-state index contributed by atoms with van der Waals surface area (Å²) in [5.41, 5.74) is 1.92. The van der Waals surface area contributed by atoms with Gasteiger partial charge in [-0.25, -0.2) is 0 Å². The fourth-order valence-corrected chi connectivity index (χ4v) is 8.06. The molecule has 2 N–H and O–H groups in total. The van der Waals surface area contributed by atoms with Gasteiger partial charge in [-0.2, -0.15) is 0 Å². The van der Waals surface area contributed by atoms with E-state index in [1.54, 1.807) is 17.1 Å². The fourth-order valence-electron chi connectivity index (χ4n) is 8.06. The molecule has 2 bridgehead atoms. The highest BCUT2D eigenvalue weighted by Gasteiger charge is 2.76. The van der Waals surface area contributed by atoms with Crippen LogP contribution in [0.3, 0.4) is 0 Å². The second-order valence-corrected chi connectivity index (χ2v) is 13.7. The summed E-state index contributed by atoms with van der Waals surface area (Å²) in [6, 6.07) is 13.2. The van der Waals surface area contributed by atoms with E-state index < -0.39 is 53.6 Å². The summed E-state index contributed by atoms with van der Waals surface area (Å²) in [5.74, 6) is -3.70. The number of benzene rings is 2. The van der Waals surface area contributed by atoms with Gasteiger partial charge in [-0.3, -0.25) is 19.2 Å². The second kappa shape index (κ2) is 15.1. The Kier molecular flexibility index (Phi) is 11.1.